The van der Waals surface area contributed by atoms with Crippen molar-refractivity contribution in [1.29, 1.82) is 0 Å². The minimum Gasteiger partial charge on any atom is -0.320 e. The lowest BCUT2D eigenvalue weighted by Crippen LogP contribution is -2.19. The van der Waals surface area contributed by atoms with Gasteiger partial charge in [-0.1, -0.05) is 42.5 Å². The van der Waals surface area contributed by atoms with Crippen molar-refractivity contribution in [2.24, 2.45) is 0 Å². The molecule has 0 aliphatic rings. The molecule has 19 heavy (non-hydrogen) atoms. The van der Waals surface area contributed by atoms with E-state index in [1.54, 1.807) is 0 Å². The molecule has 0 saturated carbocycles. The lowest BCUT2D eigenvalue weighted by molar-refractivity contribution is 0.627. The zero-order valence-corrected chi connectivity index (χ0v) is 12.8. The van der Waals surface area contributed by atoms with Crippen molar-refractivity contribution in [1.82, 2.24) is 10.6 Å². The molecule has 0 saturated heterocycles. The first-order valence-electron chi connectivity index (χ1n) is 6.24. The van der Waals surface area contributed by atoms with Crippen LogP contribution in [0.4, 0.5) is 0 Å². The predicted octanol–water partition coefficient (Wildman–Crippen LogP) is 3.38. The summed E-state index contributed by atoms with van der Waals surface area (Å²) in [6.45, 7) is 3.08. The van der Waals surface area contributed by atoms with Crippen LogP contribution >= 0.6 is 24.8 Å². The standard InChI is InChI=1S/C15H20N2.2ClH/c1-16-10-5-11-17-12-14-8-4-7-13-6-2-3-9-15(13)14;;/h2-4,6-9,16-17H,5,10-12H2,1H3;2*1H. The van der Waals surface area contributed by atoms with Crippen LogP contribution in [0.25, 0.3) is 10.8 Å². The van der Waals surface area contributed by atoms with Gasteiger partial charge >= 0.3 is 0 Å². The fourth-order valence-electron chi connectivity index (χ4n) is 2.06. The normalized spacial score (nSPS) is 9.74. The van der Waals surface area contributed by atoms with Crippen molar-refractivity contribution in [3.8, 4) is 0 Å². The zero-order chi connectivity index (χ0) is 11.9. The highest BCUT2D eigenvalue weighted by molar-refractivity contribution is 5.86. The largest absolute Gasteiger partial charge is 0.320 e. The van der Waals surface area contributed by atoms with Crippen molar-refractivity contribution < 1.29 is 0 Å². The highest BCUT2D eigenvalue weighted by Gasteiger charge is 1.98. The van der Waals surface area contributed by atoms with Gasteiger partial charge in [0.25, 0.3) is 0 Å². The van der Waals surface area contributed by atoms with Gasteiger partial charge in [-0.25, -0.2) is 0 Å². The molecule has 0 radical (unpaired) electrons. The molecular formula is C15H22Cl2N2. The smallest absolute Gasteiger partial charge is 0.0211 e. The Labute approximate surface area is 127 Å². The molecule has 106 valence electrons. The third-order valence-electron chi connectivity index (χ3n) is 2.98. The number of hydrogen-bond donors (Lipinski definition) is 2. The molecule has 0 spiro atoms. The van der Waals surface area contributed by atoms with Crippen LogP contribution in [0.2, 0.25) is 0 Å². The summed E-state index contributed by atoms with van der Waals surface area (Å²) in [5.41, 5.74) is 1.38. The van der Waals surface area contributed by atoms with Gasteiger partial charge in [0.15, 0.2) is 0 Å². The van der Waals surface area contributed by atoms with Crippen LogP contribution in [-0.2, 0) is 6.54 Å². The Bertz CT molecular complexity index is 469. The van der Waals surface area contributed by atoms with E-state index < -0.39 is 0 Å². The van der Waals surface area contributed by atoms with E-state index in [1.807, 2.05) is 7.05 Å². The highest BCUT2D eigenvalue weighted by atomic mass is 35.5. The van der Waals surface area contributed by atoms with Crippen molar-refractivity contribution in [3.05, 3.63) is 48.0 Å². The lowest BCUT2D eigenvalue weighted by Gasteiger charge is -2.08. The Kier molecular flexibility index (Phi) is 9.62. The summed E-state index contributed by atoms with van der Waals surface area (Å²) < 4.78 is 0. The number of hydrogen-bond acceptors (Lipinski definition) is 2. The summed E-state index contributed by atoms with van der Waals surface area (Å²) in [6.07, 6.45) is 1.17. The Balaban J connectivity index is 0.00000162. The van der Waals surface area contributed by atoms with Crippen LogP contribution in [0, 0.1) is 0 Å². The first-order chi connectivity index (χ1) is 8.42. The molecule has 0 aromatic heterocycles. The van der Waals surface area contributed by atoms with Gasteiger partial charge < -0.3 is 10.6 Å². The van der Waals surface area contributed by atoms with E-state index in [2.05, 4.69) is 53.1 Å². The van der Waals surface area contributed by atoms with Crippen LogP contribution in [0.1, 0.15) is 12.0 Å². The second kappa shape index (κ2) is 10.0. The van der Waals surface area contributed by atoms with Crippen LogP contribution < -0.4 is 10.6 Å². The second-order valence-corrected chi connectivity index (χ2v) is 4.27. The maximum atomic E-state index is 3.49. The number of benzene rings is 2. The van der Waals surface area contributed by atoms with E-state index in [0.717, 1.165) is 19.6 Å². The van der Waals surface area contributed by atoms with Gasteiger partial charge in [-0.05, 0) is 42.9 Å². The van der Waals surface area contributed by atoms with Gasteiger partial charge in [-0.15, -0.1) is 24.8 Å². The van der Waals surface area contributed by atoms with Gasteiger partial charge in [0.2, 0.25) is 0 Å². The van der Waals surface area contributed by atoms with Crippen LogP contribution in [-0.4, -0.2) is 20.1 Å². The molecule has 2 aromatic rings. The Morgan fingerprint density at radius 3 is 2.42 bits per heavy atom. The first-order valence-corrected chi connectivity index (χ1v) is 6.24. The maximum Gasteiger partial charge on any atom is 0.0211 e. The molecule has 2 aromatic carbocycles. The molecule has 2 nitrogen and oxygen atoms in total. The van der Waals surface area contributed by atoms with Gasteiger partial charge in [-0.3, -0.25) is 0 Å². The van der Waals surface area contributed by atoms with Gasteiger partial charge in [0, 0.05) is 6.54 Å². The molecule has 0 fully saturated rings. The third kappa shape index (κ3) is 5.37. The quantitative estimate of drug-likeness (QED) is 0.799. The van der Waals surface area contributed by atoms with E-state index in [9.17, 15) is 0 Å². The molecule has 0 heterocycles. The van der Waals surface area contributed by atoms with Gasteiger partial charge in [0.05, 0.1) is 0 Å². The average molecular weight is 301 g/mol. The van der Waals surface area contributed by atoms with E-state index in [4.69, 9.17) is 0 Å². The SMILES string of the molecule is CNCCCNCc1cccc2ccccc12.Cl.Cl. The molecule has 2 N–H and O–H groups in total. The Morgan fingerprint density at radius 2 is 1.63 bits per heavy atom. The predicted molar refractivity (Wildman–Crippen MR) is 88.7 cm³/mol. The maximum absolute atomic E-state index is 3.49. The Morgan fingerprint density at radius 1 is 0.895 bits per heavy atom. The molecule has 0 amide bonds. The van der Waals surface area contributed by atoms with Crippen molar-refractivity contribution in [2.45, 2.75) is 13.0 Å². The number of nitrogens with one attached hydrogen (secondary N) is 2. The van der Waals surface area contributed by atoms with E-state index in [-0.39, 0.29) is 24.8 Å². The fourth-order valence-corrected chi connectivity index (χ4v) is 2.06. The molecular weight excluding hydrogens is 279 g/mol. The van der Waals surface area contributed by atoms with E-state index in [1.165, 1.54) is 22.8 Å². The molecule has 0 bridgehead atoms. The second-order valence-electron chi connectivity index (χ2n) is 4.27. The summed E-state index contributed by atoms with van der Waals surface area (Å²) in [4.78, 5) is 0. The highest BCUT2D eigenvalue weighted by Crippen LogP contribution is 2.17. The lowest BCUT2D eigenvalue weighted by atomic mass is 10.0. The number of rotatable bonds is 6. The van der Waals surface area contributed by atoms with Crippen molar-refractivity contribution in [2.75, 3.05) is 20.1 Å². The topological polar surface area (TPSA) is 24.1 Å². The molecule has 0 aliphatic heterocycles. The fraction of sp³-hybridized carbons (Fsp3) is 0.333. The summed E-state index contributed by atoms with van der Waals surface area (Å²) in [7, 11) is 1.99. The molecule has 2 rings (SSSR count). The zero-order valence-electron chi connectivity index (χ0n) is 11.2. The average Bonchev–Trinajstić information content (AvgIpc) is 2.39. The van der Waals surface area contributed by atoms with E-state index in [0.29, 0.717) is 0 Å². The monoisotopic (exact) mass is 300 g/mol. The molecule has 0 unspecified atom stereocenters. The first kappa shape index (κ1) is 18.2. The minimum absolute atomic E-state index is 0. The van der Waals surface area contributed by atoms with Gasteiger partial charge in [-0.2, -0.15) is 0 Å². The number of fused-ring (bicyclic) bond motifs is 1. The van der Waals surface area contributed by atoms with Crippen LogP contribution in [0.5, 0.6) is 0 Å². The summed E-state index contributed by atoms with van der Waals surface area (Å²) >= 11 is 0. The summed E-state index contributed by atoms with van der Waals surface area (Å²) in [6, 6.07) is 15.1. The Hall–Kier alpha value is -0.800. The number of halogens is 2. The third-order valence-corrected chi connectivity index (χ3v) is 2.98. The van der Waals surface area contributed by atoms with Crippen molar-refractivity contribution in [3.63, 3.8) is 0 Å². The molecule has 0 atom stereocenters. The van der Waals surface area contributed by atoms with Crippen LogP contribution in [0.15, 0.2) is 42.5 Å². The minimum atomic E-state index is 0. The summed E-state index contributed by atoms with van der Waals surface area (Å²) in [5.74, 6) is 0. The van der Waals surface area contributed by atoms with Crippen LogP contribution in [0.3, 0.4) is 0 Å². The van der Waals surface area contributed by atoms with Gasteiger partial charge in [0.1, 0.15) is 0 Å². The molecule has 4 heteroatoms. The molecule has 0 aliphatic carbocycles. The summed E-state index contributed by atoms with van der Waals surface area (Å²) in [5, 5.41) is 9.32. The van der Waals surface area contributed by atoms with E-state index >= 15 is 0 Å². The van der Waals surface area contributed by atoms with Crippen molar-refractivity contribution >= 4 is 35.6 Å².